The van der Waals surface area contributed by atoms with Gasteiger partial charge in [0.15, 0.2) is 0 Å². The molecule has 5 nitrogen and oxygen atoms in total. The lowest BCUT2D eigenvalue weighted by atomic mass is 9.88. The van der Waals surface area contributed by atoms with Crippen LogP contribution in [0.4, 0.5) is 0 Å². The number of piperidine rings is 1. The van der Waals surface area contributed by atoms with E-state index in [0.29, 0.717) is 37.4 Å². The van der Waals surface area contributed by atoms with Crippen molar-refractivity contribution >= 4 is 20.8 Å². The van der Waals surface area contributed by atoms with Crippen molar-refractivity contribution in [3.63, 3.8) is 0 Å². The second-order valence-corrected chi connectivity index (χ2v) is 8.81. The van der Waals surface area contributed by atoms with Crippen LogP contribution < -0.4 is 5.73 Å². The minimum Gasteiger partial charge on any atom is -0.373 e. The lowest BCUT2D eigenvalue weighted by molar-refractivity contribution is -0.0310. The van der Waals surface area contributed by atoms with Gasteiger partial charge in [0.05, 0.1) is 17.1 Å². The van der Waals surface area contributed by atoms with Crippen LogP contribution in [-0.2, 0) is 14.8 Å². The fourth-order valence-corrected chi connectivity index (χ4v) is 5.32. The van der Waals surface area contributed by atoms with Gasteiger partial charge in [0.25, 0.3) is 0 Å². The molecule has 0 saturated carbocycles. The molecular formula is C18H22N2O3S. The second-order valence-electron chi connectivity index (χ2n) is 6.87. The third kappa shape index (κ3) is 2.73. The number of ether oxygens (including phenoxy) is 1. The van der Waals surface area contributed by atoms with Crippen LogP contribution in [0.3, 0.4) is 0 Å². The lowest BCUT2D eigenvalue weighted by Gasteiger charge is -2.37. The monoisotopic (exact) mass is 346 g/mol. The van der Waals surface area contributed by atoms with E-state index in [-0.39, 0.29) is 11.6 Å². The molecule has 1 unspecified atom stereocenters. The average molecular weight is 346 g/mol. The van der Waals surface area contributed by atoms with Gasteiger partial charge in [0.2, 0.25) is 10.0 Å². The van der Waals surface area contributed by atoms with Gasteiger partial charge >= 0.3 is 0 Å². The van der Waals surface area contributed by atoms with Crippen molar-refractivity contribution in [1.82, 2.24) is 4.31 Å². The Morgan fingerprint density at radius 2 is 1.79 bits per heavy atom. The van der Waals surface area contributed by atoms with Crippen molar-refractivity contribution in [1.29, 1.82) is 0 Å². The predicted octanol–water partition coefficient (Wildman–Crippen LogP) is 2.11. The molecule has 2 aromatic carbocycles. The van der Waals surface area contributed by atoms with E-state index >= 15 is 0 Å². The van der Waals surface area contributed by atoms with Crippen molar-refractivity contribution in [3.05, 3.63) is 42.5 Å². The minimum atomic E-state index is -3.47. The van der Waals surface area contributed by atoms with Crippen molar-refractivity contribution < 1.29 is 13.2 Å². The molecule has 2 aromatic rings. The van der Waals surface area contributed by atoms with Gasteiger partial charge in [0, 0.05) is 19.1 Å². The summed E-state index contributed by atoms with van der Waals surface area (Å²) in [6, 6.07) is 13.2. The van der Waals surface area contributed by atoms with Gasteiger partial charge in [-0.3, -0.25) is 0 Å². The van der Waals surface area contributed by atoms with Crippen LogP contribution >= 0.6 is 0 Å². The molecule has 0 radical (unpaired) electrons. The molecule has 0 amide bonds. The molecule has 1 spiro atoms. The van der Waals surface area contributed by atoms with E-state index in [1.165, 1.54) is 0 Å². The van der Waals surface area contributed by atoms with Gasteiger partial charge in [-0.15, -0.1) is 0 Å². The number of rotatable bonds is 2. The molecule has 0 bridgehead atoms. The Bertz CT molecular complexity index is 857. The van der Waals surface area contributed by atoms with Crippen LogP contribution in [0, 0.1) is 0 Å². The summed E-state index contributed by atoms with van der Waals surface area (Å²) in [4.78, 5) is 0.362. The highest BCUT2D eigenvalue weighted by Gasteiger charge is 2.43. The first-order valence-corrected chi connectivity index (χ1v) is 9.81. The Hall–Kier alpha value is -1.47. The summed E-state index contributed by atoms with van der Waals surface area (Å²) in [5, 5.41) is 1.99. The Balaban J connectivity index is 1.56. The largest absolute Gasteiger partial charge is 0.373 e. The molecule has 2 heterocycles. The Morgan fingerprint density at radius 1 is 1.08 bits per heavy atom. The number of sulfonamides is 1. The van der Waals surface area contributed by atoms with Gasteiger partial charge < -0.3 is 10.5 Å². The molecule has 128 valence electrons. The molecule has 2 N–H and O–H groups in total. The van der Waals surface area contributed by atoms with Crippen molar-refractivity contribution in [2.24, 2.45) is 5.73 Å². The molecule has 2 fully saturated rings. The van der Waals surface area contributed by atoms with E-state index in [1.54, 1.807) is 16.4 Å². The zero-order valence-corrected chi connectivity index (χ0v) is 14.3. The first-order chi connectivity index (χ1) is 11.5. The molecule has 2 saturated heterocycles. The SMILES string of the molecule is NC1COC2(CCN(S(=O)(=O)c3ccc4ccccc4c3)CC2)C1. The first kappa shape index (κ1) is 16.0. The second kappa shape index (κ2) is 5.81. The Morgan fingerprint density at radius 3 is 2.46 bits per heavy atom. The van der Waals surface area contributed by atoms with E-state index in [9.17, 15) is 8.42 Å². The smallest absolute Gasteiger partial charge is 0.243 e. The van der Waals surface area contributed by atoms with E-state index in [4.69, 9.17) is 10.5 Å². The summed E-state index contributed by atoms with van der Waals surface area (Å²) in [5.74, 6) is 0. The highest BCUT2D eigenvalue weighted by atomic mass is 32.2. The minimum absolute atomic E-state index is 0.0774. The number of hydrogen-bond donors (Lipinski definition) is 1. The van der Waals surface area contributed by atoms with Crippen molar-refractivity contribution in [2.75, 3.05) is 19.7 Å². The number of nitrogens with zero attached hydrogens (tertiary/aromatic N) is 1. The van der Waals surface area contributed by atoms with Crippen molar-refractivity contribution in [2.45, 2.75) is 35.8 Å². The summed E-state index contributed by atoms with van der Waals surface area (Å²) in [7, 11) is -3.47. The maximum Gasteiger partial charge on any atom is 0.243 e. The van der Waals surface area contributed by atoms with Crippen LogP contribution in [0.5, 0.6) is 0 Å². The van der Waals surface area contributed by atoms with Gasteiger partial charge in [-0.1, -0.05) is 30.3 Å². The van der Waals surface area contributed by atoms with Gasteiger partial charge in [0.1, 0.15) is 0 Å². The fraction of sp³-hybridized carbons (Fsp3) is 0.444. The Labute approximate surface area is 142 Å². The zero-order valence-electron chi connectivity index (χ0n) is 13.5. The van der Waals surface area contributed by atoms with Crippen LogP contribution in [-0.4, -0.2) is 44.1 Å². The molecule has 0 aromatic heterocycles. The van der Waals surface area contributed by atoms with Gasteiger partial charge in [-0.2, -0.15) is 4.31 Å². The van der Waals surface area contributed by atoms with E-state index in [1.807, 2.05) is 30.3 Å². The van der Waals surface area contributed by atoms with Crippen molar-refractivity contribution in [3.8, 4) is 0 Å². The molecule has 1 atom stereocenters. The molecule has 2 aliphatic rings. The maximum atomic E-state index is 13.0. The molecule has 4 rings (SSSR count). The molecule has 24 heavy (non-hydrogen) atoms. The summed E-state index contributed by atoms with van der Waals surface area (Å²) < 4.78 is 33.4. The highest BCUT2D eigenvalue weighted by Crippen LogP contribution is 2.37. The maximum absolute atomic E-state index is 13.0. The summed E-state index contributed by atoms with van der Waals surface area (Å²) in [6.07, 6.45) is 2.26. The number of fused-ring (bicyclic) bond motifs is 1. The van der Waals surface area contributed by atoms with Crippen LogP contribution in [0.1, 0.15) is 19.3 Å². The topological polar surface area (TPSA) is 72.6 Å². The molecule has 6 heteroatoms. The fourth-order valence-electron chi connectivity index (χ4n) is 3.84. The third-order valence-electron chi connectivity index (χ3n) is 5.23. The normalized spacial score (nSPS) is 24.6. The zero-order chi connectivity index (χ0) is 16.8. The first-order valence-electron chi connectivity index (χ1n) is 8.37. The Kier molecular flexibility index (Phi) is 3.88. The lowest BCUT2D eigenvalue weighted by Crippen LogP contribution is -2.46. The van der Waals surface area contributed by atoms with Crippen LogP contribution in [0.2, 0.25) is 0 Å². The standard InChI is InChI=1S/C18H22N2O3S/c19-16-12-18(23-13-16)7-9-20(10-8-18)24(21,22)17-6-5-14-3-1-2-4-15(14)11-17/h1-6,11,16H,7-10,12-13,19H2. The van der Waals surface area contributed by atoms with E-state index in [0.717, 1.165) is 17.2 Å². The average Bonchev–Trinajstić information content (AvgIpc) is 2.95. The van der Waals surface area contributed by atoms with Gasteiger partial charge in [-0.25, -0.2) is 8.42 Å². The van der Waals surface area contributed by atoms with E-state index < -0.39 is 10.0 Å². The summed E-state index contributed by atoms with van der Waals surface area (Å²) >= 11 is 0. The van der Waals surface area contributed by atoms with E-state index in [2.05, 4.69) is 0 Å². The van der Waals surface area contributed by atoms with Crippen LogP contribution in [0.25, 0.3) is 10.8 Å². The third-order valence-corrected chi connectivity index (χ3v) is 7.12. The predicted molar refractivity (Wildman–Crippen MR) is 93.2 cm³/mol. The molecular weight excluding hydrogens is 324 g/mol. The molecule has 2 aliphatic heterocycles. The molecule has 0 aliphatic carbocycles. The quantitative estimate of drug-likeness (QED) is 0.904. The highest BCUT2D eigenvalue weighted by molar-refractivity contribution is 7.89. The number of nitrogens with two attached hydrogens (primary N) is 1. The van der Waals surface area contributed by atoms with Gasteiger partial charge in [-0.05, 0) is 42.2 Å². The summed E-state index contributed by atoms with van der Waals surface area (Å²) in [5.41, 5.74) is 5.73. The number of benzene rings is 2. The number of hydrogen-bond acceptors (Lipinski definition) is 4. The summed E-state index contributed by atoms with van der Waals surface area (Å²) in [6.45, 7) is 1.56. The van der Waals surface area contributed by atoms with Crippen LogP contribution in [0.15, 0.2) is 47.4 Å².